The Balaban J connectivity index is 1.88. The zero-order valence-electron chi connectivity index (χ0n) is 12.8. The number of hydrogen-bond donors (Lipinski definition) is 2. The monoisotopic (exact) mass is 317 g/mol. The van der Waals surface area contributed by atoms with E-state index in [1.807, 2.05) is 48.5 Å². The van der Waals surface area contributed by atoms with Crippen molar-refractivity contribution in [3.05, 3.63) is 64.7 Å². The average molecular weight is 318 g/mol. The Morgan fingerprint density at radius 1 is 1.05 bits per heavy atom. The maximum atomic E-state index is 5.88. The van der Waals surface area contributed by atoms with Crippen LogP contribution in [0.5, 0.6) is 5.75 Å². The maximum Gasteiger partial charge on any atom is 0.191 e. The molecule has 0 saturated carbocycles. The molecule has 0 saturated heterocycles. The number of halogens is 1. The van der Waals surface area contributed by atoms with Gasteiger partial charge in [0.1, 0.15) is 5.75 Å². The molecule has 0 unspecified atom stereocenters. The lowest BCUT2D eigenvalue weighted by Gasteiger charge is -2.13. The first-order valence-electron chi connectivity index (χ1n) is 7.04. The van der Waals surface area contributed by atoms with Crippen molar-refractivity contribution < 1.29 is 4.74 Å². The summed E-state index contributed by atoms with van der Waals surface area (Å²) in [6.07, 6.45) is 0. The van der Waals surface area contributed by atoms with Crippen LogP contribution in [-0.2, 0) is 13.1 Å². The zero-order valence-corrected chi connectivity index (χ0v) is 13.5. The molecule has 0 heterocycles. The normalized spacial score (nSPS) is 11.1. The van der Waals surface area contributed by atoms with E-state index in [-0.39, 0.29) is 0 Å². The standard InChI is InChI=1S/C17H20ClN3O/c1-19-17(20-11-13-7-9-15(18)10-8-13)21-12-14-5-3-4-6-16(14)22-2/h3-10H,11-12H2,1-2H3,(H2,19,20,21). The molecule has 4 nitrogen and oxygen atoms in total. The number of benzene rings is 2. The van der Waals surface area contributed by atoms with Gasteiger partial charge in [-0.15, -0.1) is 0 Å². The van der Waals surface area contributed by atoms with E-state index in [4.69, 9.17) is 16.3 Å². The van der Waals surface area contributed by atoms with Gasteiger partial charge in [0.15, 0.2) is 5.96 Å². The zero-order chi connectivity index (χ0) is 15.8. The number of nitrogens with one attached hydrogen (secondary N) is 2. The van der Waals surface area contributed by atoms with Crippen molar-refractivity contribution in [3.8, 4) is 5.75 Å². The van der Waals surface area contributed by atoms with Crippen LogP contribution in [0.3, 0.4) is 0 Å². The van der Waals surface area contributed by atoms with Gasteiger partial charge in [-0.1, -0.05) is 41.9 Å². The van der Waals surface area contributed by atoms with Crippen LogP contribution in [0.15, 0.2) is 53.5 Å². The van der Waals surface area contributed by atoms with Gasteiger partial charge >= 0.3 is 0 Å². The van der Waals surface area contributed by atoms with E-state index in [1.54, 1.807) is 14.2 Å². The lowest BCUT2D eigenvalue weighted by Crippen LogP contribution is -2.36. The number of guanidine groups is 1. The van der Waals surface area contributed by atoms with Crippen LogP contribution in [-0.4, -0.2) is 20.1 Å². The van der Waals surface area contributed by atoms with E-state index in [0.29, 0.717) is 13.1 Å². The smallest absolute Gasteiger partial charge is 0.191 e. The molecule has 22 heavy (non-hydrogen) atoms. The fraction of sp³-hybridized carbons (Fsp3) is 0.235. The molecule has 2 aromatic carbocycles. The molecule has 0 spiro atoms. The summed E-state index contributed by atoms with van der Waals surface area (Å²) in [4.78, 5) is 4.22. The maximum absolute atomic E-state index is 5.88. The summed E-state index contributed by atoms with van der Waals surface area (Å²) in [5.74, 6) is 1.60. The van der Waals surface area contributed by atoms with Crippen molar-refractivity contribution in [3.63, 3.8) is 0 Å². The first kappa shape index (κ1) is 16.2. The Bertz CT molecular complexity index is 626. The van der Waals surface area contributed by atoms with Gasteiger partial charge in [0.2, 0.25) is 0 Å². The molecule has 0 aromatic heterocycles. The Morgan fingerprint density at radius 2 is 1.73 bits per heavy atom. The van der Waals surface area contributed by atoms with Crippen LogP contribution in [0.2, 0.25) is 5.02 Å². The Kier molecular flexibility index (Phi) is 6.10. The number of aliphatic imine (C=N–C) groups is 1. The molecule has 5 heteroatoms. The molecule has 0 fully saturated rings. The van der Waals surface area contributed by atoms with Crippen molar-refractivity contribution in [2.75, 3.05) is 14.2 Å². The minimum Gasteiger partial charge on any atom is -0.496 e. The number of rotatable bonds is 5. The van der Waals surface area contributed by atoms with E-state index in [2.05, 4.69) is 15.6 Å². The van der Waals surface area contributed by atoms with Crippen molar-refractivity contribution >= 4 is 17.6 Å². The van der Waals surface area contributed by atoms with Gasteiger partial charge in [0.25, 0.3) is 0 Å². The Labute approximate surface area is 136 Å². The third-order valence-corrected chi connectivity index (χ3v) is 3.49. The SMILES string of the molecule is CN=C(NCc1ccc(Cl)cc1)NCc1ccccc1OC. The second-order valence-electron chi connectivity index (χ2n) is 4.72. The Morgan fingerprint density at radius 3 is 2.41 bits per heavy atom. The predicted molar refractivity (Wildman–Crippen MR) is 91.5 cm³/mol. The van der Waals surface area contributed by atoms with Crippen LogP contribution in [0.1, 0.15) is 11.1 Å². The summed E-state index contributed by atoms with van der Waals surface area (Å²) in [5.41, 5.74) is 2.23. The molecule has 0 bridgehead atoms. The van der Waals surface area contributed by atoms with Gasteiger partial charge in [-0.05, 0) is 23.8 Å². The van der Waals surface area contributed by atoms with Crippen molar-refractivity contribution in [1.29, 1.82) is 0 Å². The summed E-state index contributed by atoms with van der Waals surface area (Å²) in [6, 6.07) is 15.7. The molecule has 2 N–H and O–H groups in total. The molecular weight excluding hydrogens is 298 g/mol. The minimum atomic E-state index is 0.643. The number of nitrogens with zero attached hydrogens (tertiary/aromatic N) is 1. The molecular formula is C17H20ClN3O. The van der Waals surface area contributed by atoms with Gasteiger partial charge in [-0.25, -0.2) is 0 Å². The molecule has 0 aliphatic heterocycles. The second kappa shape index (κ2) is 8.29. The molecule has 0 aliphatic carbocycles. The van der Waals surface area contributed by atoms with E-state index < -0.39 is 0 Å². The van der Waals surface area contributed by atoms with Gasteiger partial charge in [0, 0.05) is 30.7 Å². The van der Waals surface area contributed by atoms with Gasteiger partial charge < -0.3 is 15.4 Å². The van der Waals surface area contributed by atoms with E-state index in [1.165, 1.54) is 0 Å². The average Bonchev–Trinajstić information content (AvgIpc) is 2.57. The molecule has 0 amide bonds. The predicted octanol–water partition coefficient (Wildman–Crippen LogP) is 3.21. The molecule has 2 aromatic rings. The van der Waals surface area contributed by atoms with Gasteiger partial charge in [-0.2, -0.15) is 0 Å². The fourth-order valence-electron chi connectivity index (χ4n) is 2.04. The number of methoxy groups -OCH3 is 1. The summed E-state index contributed by atoms with van der Waals surface area (Å²) < 4.78 is 5.34. The largest absolute Gasteiger partial charge is 0.496 e. The quantitative estimate of drug-likeness (QED) is 0.657. The number of hydrogen-bond acceptors (Lipinski definition) is 2. The molecule has 116 valence electrons. The topological polar surface area (TPSA) is 45.7 Å². The van der Waals surface area contributed by atoms with Crippen LogP contribution < -0.4 is 15.4 Å². The molecule has 2 rings (SSSR count). The second-order valence-corrected chi connectivity index (χ2v) is 5.15. The van der Waals surface area contributed by atoms with E-state index in [9.17, 15) is 0 Å². The van der Waals surface area contributed by atoms with Crippen LogP contribution in [0.25, 0.3) is 0 Å². The van der Waals surface area contributed by atoms with Crippen LogP contribution in [0.4, 0.5) is 0 Å². The first-order valence-corrected chi connectivity index (χ1v) is 7.41. The van der Waals surface area contributed by atoms with Crippen LogP contribution in [0, 0.1) is 0 Å². The first-order chi connectivity index (χ1) is 10.7. The highest BCUT2D eigenvalue weighted by Crippen LogP contribution is 2.16. The summed E-state index contributed by atoms with van der Waals surface area (Å²) in [6.45, 7) is 1.33. The fourth-order valence-corrected chi connectivity index (χ4v) is 2.16. The van der Waals surface area contributed by atoms with Crippen molar-refractivity contribution in [1.82, 2.24) is 10.6 Å². The van der Waals surface area contributed by atoms with Crippen LogP contribution >= 0.6 is 11.6 Å². The number of ether oxygens (including phenoxy) is 1. The summed E-state index contributed by atoms with van der Waals surface area (Å²) in [5, 5.41) is 7.28. The summed E-state index contributed by atoms with van der Waals surface area (Å²) >= 11 is 5.88. The lowest BCUT2D eigenvalue weighted by molar-refractivity contribution is 0.409. The minimum absolute atomic E-state index is 0.643. The van der Waals surface area contributed by atoms with E-state index in [0.717, 1.165) is 27.9 Å². The highest BCUT2D eigenvalue weighted by molar-refractivity contribution is 6.30. The molecule has 0 radical (unpaired) electrons. The molecule has 0 atom stereocenters. The lowest BCUT2D eigenvalue weighted by atomic mass is 10.2. The third-order valence-electron chi connectivity index (χ3n) is 3.24. The van der Waals surface area contributed by atoms with Crippen molar-refractivity contribution in [2.45, 2.75) is 13.1 Å². The van der Waals surface area contributed by atoms with Gasteiger partial charge in [-0.3, -0.25) is 4.99 Å². The highest BCUT2D eigenvalue weighted by atomic mass is 35.5. The number of para-hydroxylation sites is 1. The summed E-state index contributed by atoms with van der Waals surface area (Å²) in [7, 11) is 3.42. The van der Waals surface area contributed by atoms with Crippen molar-refractivity contribution in [2.24, 2.45) is 4.99 Å². The Hall–Kier alpha value is -2.20. The third kappa shape index (κ3) is 4.67. The van der Waals surface area contributed by atoms with Gasteiger partial charge in [0.05, 0.1) is 7.11 Å². The molecule has 0 aliphatic rings. The van der Waals surface area contributed by atoms with E-state index >= 15 is 0 Å². The highest BCUT2D eigenvalue weighted by Gasteiger charge is 2.03.